The lowest BCUT2D eigenvalue weighted by atomic mass is 10.0. The van der Waals surface area contributed by atoms with E-state index in [1.54, 1.807) is 0 Å². The van der Waals surface area contributed by atoms with Crippen molar-refractivity contribution >= 4 is 24.7 Å². The SMILES string of the molecule is CCO[Si](CCCCCCCCCCCCCCCCCCCCCCCCCCCCCCCCCCCCCCCBr)(OCC)OCC. The summed E-state index contributed by atoms with van der Waals surface area (Å²) in [6.45, 7) is 8.20. The molecule has 0 unspecified atom stereocenters. The zero-order valence-electron chi connectivity index (χ0n) is 34.8. The van der Waals surface area contributed by atoms with Crippen molar-refractivity contribution in [1.82, 2.24) is 0 Å². The molecule has 0 aliphatic carbocycles. The van der Waals surface area contributed by atoms with Crippen LogP contribution in [0.15, 0.2) is 0 Å². The van der Waals surface area contributed by atoms with Crippen molar-refractivity contribution in [2.45, 2.75) is 264 Å². The van der Waals surface area contributed by atoms with Crippen LogP contribution in [0, 0.1) is 0 Å². The summed E-state index contributed by atoms with van der Waals surface area (Å²) in [5.41, 5.74) is 0. The first-order valence-corrected chi connectivity index (χ1v) is 26.3. The van der Waals surface area contributed by atoms with E-state index in [2.05, 4.69) is 15.9 Å². The van der Waals surface area contributed by atoms with E-state index in [-0.39, 0.29) is 0 Å². The van der Waals surface area contributed by atoms with Gasteiger partial charge in [0.25, 0.3) is 0 Å². The van der Waals surface area contributed by atoms with Gasteiger partial charge in [-0.25, -0.2) is 0 Å². The molecule has 3 nitrogen and oxygen atoms in total. The maximum absolute atomic E-state index is 5.98. The molecule has 0 saturated carbocycles. The third kappa shape index (κ3) is 38.3. The molecule has 302 valence electrons. The summed E-state index contributed by atoms with van der Waals surface area (Å²) in [4.78, 5) is 0. The smallest absolute Gasteiger partial charge is 0.374 e. The zero-order valence-corrected chi connectivity index (χ0v) is 37.4. The molecular formula is C45H93BrO3Si. The highest BCUT2D eigenvalue weighted by Crippen LogP contribution is 2.22. The summed E-state index contributed by atoms with van der Waals surface area (Å²) in [5, 5.41) is 1.18. The summed E-state index contributed by atoms with van der Waals surface area (Å²) in [6, 6.07) is 0.974. The monoisotopic (exact) mass is 789 g/mol. The Labute approximate surface area is 326 Å². The first kappa shape index (κ1) is 50.6. The van der Waals surface area contributed by atoms with Gasteiger partial charge in [0.1, 0.15) is 0 Å². The number of rotatable bonds is 45. The maximum Gasteiger partial charge on any atom is 0.500 e. The van der Waals surface area contributed by atoms with Gasteiger partial charge < -0.3 is 13.3 Å². The fourth-order valence-electron chi connectivity index (χ4n) is 7.62. The average Bonchev–Trinajstić information content (AvgIpc) is 3.11. The highest BCUT2D eigenvalue weighted by molar-refractivity contribution is 9.09. The predicted octanol–water partition coefficient (Wildman–Crippen LogP) is 16.9. The number of halogens is 1. The first-order valence-electron chi connectivity index (χ1n) is 23.2. The van der Waals surface area contributed by atoms with E-state index in [1.165, 1.54) is 243 Å². The van der Waals surface area contributed by atoms with Crippen molar-refractivity contribution in [2.75, 3.05) is 25.2 Å². The molecule has 0 aromatic carbocycles. The van der Waals surface area contributed by atoms with Crippen LogP contribution >= 0.6 is 15.9 Å². The van der Waals surface area contributed by atoms with E-state index in [1.807, 2.05) is 20.8 Å². The van der Waals surface area contributed by atoms with Gasteiger partial charge in [-0.3, -0.25) is 0 Å². The number of hydrogen-bond acceptors (Lipinski definition) is 3. The van der Waals surface area contributed by atoms with Crippen molar-refractivity contribution in [2.24, 2.45) is 0 Å². The first-order chi connectivity index (χ1) is 24.7. The van der Waals surface area contributed by atoms with Crippen molar-refractivity contribution in [3.8, 4) is 0 Å². The van der Waals surface area contributed by atoms with Crippen LogP contribution in [0.1, 0.15) is 258 Å². The fourth-order valence-corrected chi connectivity index (χ4v) is 10.7. The number of unbranched alkanes of at least 4 members (excludes halogenated alkanes) is 36. The quantitative estimate of drug-likeness (QED) is 0.0349. The van der Waals surface area contributed by atoms with Gasteiger partial charge in [-0.2, -0.15) is 0 Å². The number of alkyl halides is 1. The topological polar surface area (TPSA) is 27.7 Å². The molecule has 0 amide bonds. The summed E-state index contributed by atoms with van der Waals surface area (Å²) in [7, 11) is -2.42. The minimum atomic E-state index is -2.42. The standard InChI is InChI=1S/C45H93BrO3Si/c1-4-47-50(48-5-2,49-6-3)45-43-41-39-37-35-33-31-29-27-25-23-21-19-17-15-13-11-9-7-8-10-12-14-16-18-20-22-24-26-28-30-32-34-36-38-40-42-44-46/h4-45H2,1-3H3. The van der Waals surface area contributed by atoms with E-state index in [9.17, 15) is 0 Å². The van der Waals surface area contributed by atoms with Crippen LogP contribution in [0.3, 0.4) is 0 Å². The third-order valence-corrected chi connectivity index (χ3v) is 14.4. The second-order valence-electron chi connectivity index (χ2n) is 15.5. The maximum atomic E-state index is 5.98. The van der Waals surface area contributed by atoms with Gasteiger partial charge in [0.2, 0.25) is 0 Å². The van der Waals surface area contributed by atoms with Gasteiger partial charge in [0.15, 0.2) is 0 Å². The molecule has 0 bridgehead atoms. The molecule has 0 aromatic heterocycles. The molecule has 0 saturated heterocycles. The van der Waals surface area contributed by atoms with E-state index in [0.717, 1.165) is 6.04 Å². The van der Waals surface area contributed by atoms with Crippen LogP contribution in [-0.4, -0.2) is 34.0 Å². The Morgan fingerprint density at radius 3 is 0.580 bits per heavy atom. The summed E-state index contributed by atoms with van der Waals surface area (Å²) in [6.07, 6.45) is 53.5. The van der Waals surface area contributed by atoms with E-state index in [4.69, 9.17) is 13.3 Å². The van der Waals surface area contributed by atoms with Crippen LogP contribution in [0.25, 0.3) is 0 Å². The lowest BCUT2D eigenvalue weighted by molar-refractivity contribution is 0.0706. The predicted molar refractivity (Wildman–Crippen MR) is 230 cm³/mol. The molecule has 0 radical (unpaired) electrons. The molecule has 0 spiro atoms. The Morgan fingerprint density at radius 2 is 0.420 bits per heavy atom. The van der Waals surface area contributed by atoms with Crippen molar-refractivity contribution < 1.29 is 13.3 Å². The Morgan fingerprint density at radius 1 is 0.260 bits per heavy atom. The molecule has 0 rings (SSSR count). The van der Waals surface area contributed by atoms with Crippen LogP contribution in [-0.2, 0) is 13.3 Å². The third-order valence-electron chi connectivity index (χ3n) is 10.7. The molecule has 0 atom stereocenters. The molecule has 0 aromatic rings. The van der Waals surface area contributed by atoms with Crippen LogP contribution in [0.2, 0.25) is 6.04 Å². The van der Waals surface area contributed by atoms with Crippen molar-refractivity contribution in [1.29, 1.82) is 0 Å². The van der Waals surface area contributed by atoms with Crippen LogP contribution in [0.5, 0.6) is 0 Å². The molecule has 0 aliphatic heterocycles. The largest absolute Gasteiger partial charge is 0.500 e. The normalized spacial score (nSPS) is 12.0. The van der Waals surface area contributed by atoms with Gasteiger partial charge in [0.05, 0.1) is 0 Å². The van der Waals surface area contributed by atoms with Gasteiger partial charge in [-0.15, -0.1) is 0 Å². The minimum Gasteiger partial charge on any atom is -0.374 e. The lowest BCUT2D eigenvalue weighted by Gasteiger charge is -2.28. The molecule has 0 heterocycles. The second kappa shape index (κ2) is 44.0. The van der Waals surface area contributed by atoms with E-state index >= 15 is 0 Å². The second-order valence-corrected chi connectivity index (χ2v) is 19.0. The van der Waals surface area contributed by atoms with Gasteiger partial charge >= 0.3 is 8.80 Å². The molecule has 0 fully saturated rings. The molecular weight excluding hydrogens is 696 g/mol. The molecule has 0 aliphatic rings. The Kier molecular flexibility index (Phi) is 44.5. The van der Waals surface area contributed by atoms with Crippen molar-refractivity contribution in [3.05, 3.63) is 0 Å². The lowest BCUT2D eigenvalue weighted by Crippen LogP contribution is -2.45. The zero-order chi connectivity index (χ0) is 36.3. The molecule has 5 heteroatoms. The highest BCUT2D eigenvalue weighted by Gasteiger charge is 2.39. The molecule has 0 N–H and O–H groups in total. The van der Waals surface area contributed by atoms with Crippen LogP contribution in [0.4, 0.5) is 0 Å². The average molecular weight is 790 g/mol. The fraction of sp³-hybridized carbons (Fsp3) is 1.00. The Balaban J connectivity index is 3.20. The highest BCUT2D eigenvalue weighted by atomic mass is 79.9. The van der Waals surface area contributed by atoms with Crippen LogP contribution < -0.4 is 0 Å². The Bertz CT molecular complexity index is 590. The van der Waals surface area contributed by atoms with E-state index < -0.39 is 8.80 Å². The van der Waals surface area contributed by atoms with E-state index in [0.29, 0.717) is 19.8 Å². The Hall–Kier alpha value is 0.577. The summed E-state index contributed by atoms with van der Waals surface area (Å²) >= 11 is 3.53. The molecule has 50 heavy (non-hydrogen) atoms. The summed E-state index contributed by atoms with van der Waals surface area (Å²) < 4.78 is 17.9. The minimum absolute atomic E-state index is 0.686. The van der Waals surface area contributed by atoms with Crippen molar-refractivity contribution in [3.63, 3.8) is 0 Å². The number of hydrogen-bond donors (Lipinski definition) is 0. The van der Waals surface area contributed by atoms with Gasteiger partial charge in [-0.05, 0) is 33.6 Å². The summed E-state index contributed by atoms with van der Waals surface area (Å²) in [5.74, 6) is 0. The van der Waals surface area contributed by atoms with Gasteiger partial charge in [-0.1, -0.05) is 241 Å². The van der Waals surface area contributed by atoms with Gasteiger partial charge in [0, 0.05) is 31.2 Å².